The van der Waals surface area contributed by atoms with Gasteiger partial charge in [0.05, 0.1) is 25.7 Å². The second-order valence-electron chi connectivity index (χ2n) is 9.29. The summed E-state index contributed by atoms with van der Waals surface area (Å²) in [6.07, 6.45) is 0.129. The number of ketones is 1. The molecule has 8 nitrogen and oxygen atoms in total. The summed E-state index contributed by atoms with van der Waals surface area (Å²) in [5.41, 5.74) is 0. The van der Waals surface area contributed by atoms with E-state index in [-0.39, 0.29) is 60.2 Å². The zero-order chi connectivity index (χ0) is 24.3. The van der Waals surface area contributed by atoms with E-state index in [1.165, 1.54) is 4.90 Å². The lowest BCUT2D eigenvalue weighted by atomic mass is 9.92. The van der Waals surface area contributed by atoms with Crippen molar-refractivity contribution < 1.29 is 23.9 Å². The van der Waals surface area contributed by atoms with Crippen LogP contribution in [-0.2, 0) is 23.9 Å². The van der Waals surface area contributed by atoms with E-state index in [1.54, 1.807) is 7.05 Å². The minimum absolute atomic E-state index is 0.0159. The predicted molar refractivity (Wildman–Crippen MR) is 121 cm³/mol. The first-order valence-corrected chi connectivity index (χ1v) is 11.3. The number of nitrogens with one attached hydrogen (secondary N) is 2. The number of amides is 3. The van der Waals surface area contributed by atoms with Gasteiger partial charge in [0.1, 0.15) is 6.04 Å². The third-order valence-corrected chi connectivity index (χ3v) is 5.08. The summed E-state index contributed by atoms with van der Waals surface area (Å²) in [6, 6.07) is -1.26. The van der Waals surface area contributed by atoms with Crippen molar-refractivity contribution in [2.45, 2.75) is 73.9 Å². The molecule has 0 aromatic heterocycles. The Labute approximate surface area is 187 Å². The van der Waals surface area contributed by atoms with E-state index in [4.69, 9.17) is 4.74 Å². The Bertz CT molecular complexity index is 602. The zero-order valence-corrected chi connectivity index (χ0v) is 20.8. The first-order chi connectivity index (χ1) is 14.3. The molecule has 0 bridgehead atoms. The van der Waals surface area contributed by atoms with Gasteiger partial charge in [-0.25, -0.2) is 0 Å². The van der Waals surface area contributed by atoms with E-state index in [0.717, 1.165) is 0 Å². The Morgan fingerprint density at radius 3 is 1.84 bits per heavy atom. The number of hydrogen-bond acceptors (Lipinski definition) is 5. The summed E-state index contributed by atoms with van der Waals surface area (Å²) >= 11 is 0. The van der Waals surface area contributed by atoms with Gasteiger partial charge in [-0.1, -0.05) is 55.4 Å². The highest BCUT2D eigenvalue weighted by Gasteiger charge is 2.33. The van der Waals surface area contributed by atoms with Gasteiger partial charge >= 0.3 is 0 Å². The normalized spacial score (nSPS) is 13.5. The van der Waals surface area contributed by atoms with Gasteiger partial charge in [0.15, 0.2) is 5.78 Å². The van der Waals surface area contributed by atoms with E-state index in [9.17, 15) is 19.2 Å². The lowest BCUT2D eigenvalue weighted by Gasteiger charge is -2.33. The van der Waals surface area contributed by atoms with Crippen molar-refractivity contribution in [3.63, 3.8) is 0 Å². The van der Waals surface area contributed by atoms with Crippen molar-refractivity contribution in [1.82, 2.24) is 15.5 Å². The van der Waals surface area contributed by atoms with Crippen molar-refractivity contribution in [3.8, 4) is 0 Å². The Morgan fingerprint density at radius 2 is 1.39 bits per heavy atom. The van der Waals surface area contributed by atoms with Gasteiger partial charge in [-0.2, -0.15) is 0 Å². The quantitative estimate of drug-likeness (QED) is 0.401. The van der Waals surface area contributed by atoms with Crippen molar-refractivity contribution in [3.05, 3.63) is 0 Å². The first-order valence-electron chi connectivity index (χ1n) is 11.3. The van der Waals surface area contributed by atoms with Crippen LogP contribution in [0, 0.1) is 23.7 Å². The molecule has 0 spiro atoms. The topological polar surface area (TPSA) is 105 Å². The Kier molecular flexibility index (Phi) is 13.3. The number of likely N-dealkylation sites (N-methyl/N-ethyl adjacent to an activating group) is 1. The molecule has 31 heavy (non-hydrogen) atoms. The molecule has 180 valence electrons. The Hall–Kier alpha value is -1.96. The van der Waals surface area contributed by atoms with E-state index >= 15 is 0 Å². The van der Waals surface area contributed by atoms with Crippen LogP contribution < -0.4 is 10.6 Å². The van der Waals surface area contributed by atoms with Gasteiger partial charge in [0.25, 0.3) is 0 Å². The molecule has 0 aliphatic heterocycles. The number of nitrogens with zero attached hydrogens (tertiary/aromatic N) is 1. The molecule has 2 N–H and O–H groups in total. The number of Topliss-reactive ketones (excluding diaryl/α,β-unsaturated/α-hetero) is 1. The van der Waals surface area contributed by atoms with Crippen LogP contribution in [0.3, 0.4) is 0 Å². The van der Waals surface area contributed by atoms with Gasteiger partial charge < -0.3 is 20.3 Å². The second kappa shape index (κ2) is 14.2. The largest absolute Gasteiger partial charge is 0.379 e. The van der Waals surface area contributed by atoms with Gasteiger partial charge in [-0.3, -0.25) is 19.2 Å². The third kappa shape index (κ3) is 10.3. The summed E-state index contributed by atoms with van der Waals surface area (Å²) in [5, 5.41) is 5.61. The molecule has 0 aromatic carbocycles. The molecular formula is C23H43N3O5. The fourth-order valence-corrected chi connectivity index (χ4v) is 3.13. The molecule has 0 heterocycles. The number of ether oxygens (including phenoxy) is 1. The maximum atomic E-state index is 13.0. The monoisotopic (exact) mass is 441 g/mol. The maximum Gasteiger partial charge on any atom is 0.243 e. The lowest BCUT2D eigenvalue weighted by molar-refractivity contribution is -0.142. The molecule has 0 radical (unpaired) electrons. The second-order valence-corrected chi connectivity index (χ2v) is 9.29. The molecule has 0 aromatic rings. The SMILES string of the molecule is CC(C)C(=O)NCCOCCC(=O)N(C)[C@H](C(=O)N[C@H](C(=O)C(C)C)C(C)C)C(C)C. The van der Waals surface area contributed by atoms with Crippen molar-refractivity contribution in [1.29, 1.82) is 0 Å². The van der Waals surface area contributed by atoms with Crippen LogP contribution in [0.1, 0.15) is 61.8 Å². The van der Waals surface area contributed by atoms with Crippen LogP contribution in [0.25, 0.3) is 0 Å². The van der Waals surface area contributed by atoms with Crippen LogP contribution in [0.15, 0.2) is 0 Å². The molecule has 0 rings (SSSR count). The first kappa shape index (κ1) is 29.0. The lowest BCUT2D eigenvalue weighted by Crippen LogP contribution is -2.56. The molecule has 0 saturated carbocycles. The summed E-state index contributed by atoms with van der Waals surface area (Å²) in [6.45, 7) is 15.7. The van der Waals surface area contributed by atoms with E-state index in [2.05, 4.69) is 10.6 Å². The number of carbonyl (C=O) groups is 4. The minimum atomic E-state index is -0.681. The summed E-state index contributed by atoms with van der Waals surface area (Å²) in [4.78, 5) is 51.0. The number of rotatable bonds is 14. The average molecular weight is 442 g/mol. The van der Waals surface area contributed by atoms with Gasteiger partial charge in [0.2, 0.25) is 17.7 Å². The molecule has 0 fully saturated rings. The zero-order valence-electron chi connectivity index (χ0n) is 20.8. The highest BCUT2D eigenvalue weighted by Crippen LogP contribution is 2.14. The van der Waals surface area contributed by atoms with Crippen LogP contribution in [0.2, 0.25) is 0 Å². The van der Waals surface area contributed by atoms with Crippen LogP contribution >= 0.6 is 0 Å². The fourth-order valence-electron chi connectivity index (χ4n) is 3.13. The molecule has 8 heteroatoms. The molecule has 0 aliphatic rings. The summed E-state index contributed by atoms with van der Waals surface area (Å²) in [7, 11) is 1.60. The van der Waals surface area contributed by atoms with Crippen LogP contribution in [0.4, 0.5) is 0 Å². The fraction of sp³-hybridized carbons (Fsp3) is 0.826. The van der Waals surface area contributed by atoms with E-state index in [1.807, 2.05) is 55.4 Å². The minimum Gasteiger partial charge on any atom is -0.379 e. The molecule has 3 amide bonds. The van der Waals surface area contributed by atoms with Gasteiger partial charge in [0, 0.05) is 25.4 Å². The van der Waals surface area contributed by atoms with Crippen molar-refractivity contribution in [2.75, 3.05) is 26.8 Å². The summed E-state index contributed by atoms with van der Waals surface area (Å²) < 4.78 is 5.43. The highest BCUT2D eigenvalue weighted by molar-refractivity contribution is 5.93. The standard InChI is InChI=1S/C23H43N3O5/c1-14(2)19(21(28)16(5)6)25-23(30)20(15(3)4)26(9)18(27)10-12-31-13-11-24-22(29)17(7)8/h14-17,19-20H,10-13H2,1-9H3,(H,24,29)(H,25,30)/t19-,20-/m0/s1. The molecule has 0 saturated heterocycles. The number of carbonyl (C=O) groups excluding carboxylic acids is 4. The van der Waals surface area contributed by atoms with E-state index in [0.29, 0.717) is 13.2 Å². The molecule has 2 atom stereocenters. The number of hydrogen-bond donors (Lipinski definition) is 2. The summed E-state index contributed by atoms with van der Waals surface area (Å²) in [5.74, 6) is -1.03. The Morgan fingerprint density at radius 1 is 0.806 bits per heavy atom. The average Bonchev–Trinajstić information content (AvgIpc) is 2.66. The van der Waals surface area contributed by atoms with Crippen LogP contribution in [-0.4, -0.2) is 67.3 Å². The maximum absolute atomic E-state index is 13.0. The van der Waals surface area contributed by atoms with Crippen LogP contribution in [0.5, 0.6) is 0 Å². The van der Waals surface area contributed by atoms with Crippen molar-refractivity contribution in [2.24, 2.45) is 23.7 Å². The Balaban J connectivity index is 4.79. The predicted octanol–water partition coefficient (Wildman–Crippen LogP) is 2.01. The third-order valence-electron chi connectivity index (χ3n) is 5.08. The molecule has 0 aliphatic carbocycles. The van der Waals surface area contributed by atoms with Gasteiger partial charge in [-0.15, -0.1) is 0 Å². The molecule has 0 unspecified atom stereocenters. The highest BCUT2D eigenvalue weighted by atomic mass is 16.5. The molecular weight excluding hydrogens is 398 g/mol. The smallest absolute Gasteiger partial charge is 0.243 e. The van der Waals surface area contributed by atoms with E-state index < -0.39 is 12.1 Å². The van der Waals surface area contributed by atoms with Crippen molar-refractivity contribution >= 4 is 23.5 Å². The van der Waals surface area contributed by atoms with Gasteiger partial charge in [-0.05, 0) is 11.8 Å².